The quantitative estimate of drug-likeness (QED) is 0.873. The van der Waals surface area contributed by atoms with Gasteiger partial charge in [0.2, 0.25) is 11.8 Å². The fraction of sp³-hybridized carbons (Fsp3) is 0.222. The normalized spacial score (nSPS) is 10.1. The summed E-state index contributed by atoms with van der Waals surface area (Å²) in [6, 6.07) is 10.3. The van der Waals surface area contributed by atoms with Gasteiger partial charge in [-0.15, -0.1) is 0 Å². The molecule has 0 aliphatic rings. The molecule has 0 spiro atoms. The lowest BCUT2D eigenvalue weighted by molar-refractivity contribution is -0.120. The largest absolute Gasteiger partial charge is 0.497 e. The summed E-state index contributed by atoms with van der Waals surface area (Å²) in [7, 11) is 3.00. The van der Waals surface area contributed by atoms with Crippen molar-refractivity contribution in [1.82, 2.24) is 0 Å². The number of carbonyl (C=O) groups excluding carboxylic acids is 2. The van der Waals surface area contributed by atoms with Crippen LogP contribution >= 0.6 is 0 Å². The lowest BCUT2D eigenvalue weighted by atomic mass is 10.2. The minimum absolute atomic E-state index is 0.221. The molecular weight excluding hydrogens is 327 g/mol. The van der Waals surface area contributed by atoms with Crippen molar-refractivity contribution in [2.45, 2.75) is 6.92 Å². The van der Waals surface area contributed by atoms with E-state index in [1.54, 1.807) is 18.2 Å². The number of rotatable bonds is 6. The van der Waals surface area contributed by atoms with Crippen molar-refractivity contribution >= 4 is 23.2 Å². The number of halogens is 1. The predicted molar refractivity (Wildman–Crippen MR) is 92.6 cm³/mol. The monoisotopic (exact) mass is 346 g/mol. The van der Waals surface area contributed by atoms with Crippen LogP contribution in [-0.2, 0) is 9.59 Å². The van der Waals surface area contributed by atoms with Crippen LogP contribution in [0.3, 0.4) is 0 Å². The van der Waals surface area contributed by atoms with Gasteiger partial charge < -0.3 is 19.7 Å². The Morgan fingerprint density at radius 1 is 1.08 bits per heavy atom. The minimum Gasteiger partial charge on any atom is -0.497 e. The van der Waals surface area contributed by atoms with Crippen LogP contribution in [0.4, 0.5) is 15.8 Å². The molecule has 2 rings (SSSR count). The van der Waals surface area contributed by atoms with Crippen molar-refractivity contribution in [1.29, 1.82) is 0 Å². The van der Waals surface area contributed by atoms with Crippen molar-refractivity contribution < 1.29 is 23.5 Å². The summed E-state index contributed by atoms with van der Waals surface area (Å²) >= 11 is 0. The van der Waals surface area contributed by atoms with E-state index in [0.717, 1.165) is 0 Å². The number of nitrogens with zero attached hydrogens (tertiary/aromatic N) is 1. The molecule has 132 valence electrons. The molecule has 6 nitrogen and oxygen atoms in total. The summed E-state index contributed by atoms with van der Waals surface area (Å²) in [6.45, 7) is 1.12. The number of methoxy groups -OCH3 is 2. The summed E-state index contributed by atoms with van der Waals surface area (Å²) in [5, 5.41) is 2.69. The zero-order valence-electron chi connectivity index (χ0n) is 14.2. The van der Waals surface area contributed by atoms with Crippen LogP contribution in [0.15, 0.2) is 42.5 Å². The van der Waals surface area contributed by atoms with Gasteiger partial charge in [0.1, 0.15) is 23.9 Å². The van der Waals surface area contributed by atoms with Gasteiger partial charge in [-0.05, 0) is 36.4 Å². The molecule has 2 aromatic rings. The number of nitrogens with one attached hydrogen (secondary N) is 1. The molecule has 2 amide bonds. The van der Waals surface area contributed by atoms with Crippen molar-refractivity contribution in [3.8, 4) is 11.5 Å². The maximum Gasteiger partial charge on any atom is 0.244 e. The van der Waals surface area contributed by atoms with E-state index in [1.807, 2.05) is 0 Å². The highest BCUT2D eigenvalue weighted by atomic mass is 19.1. The molecule has 0 fully saturated rings. The fourth-order valence-corrected chi connectivity index (χ4v) is 2.25. The third-order valence-electron chi connectivity index (χ3n) is 3.50. The number of carbonyl (C=O) groups is 2. The maximum atomic E-state index is 13.0. The molecule has 0 saturated carbocycles. The van der Waals surface area contributed by atoms with Gasteiger partial charge in [0.05, 0.1) is 19.9 Å². The molecule has 1 N–H and O–H groups in total. The lowest BCUT2D eigenvalue weighted by Gasteiger charge is -2.21. The summed E-state index contributed by atoms with van der Waals surface area (Å²) in [4.78, 5) is 25.5. The molecule has 0 saturated heterocycles. The number of hydrogen-bond donors (Lipinski definition) is 1. The van der Waals surface area contributed by atoms with E-state index in [-0.39, 0.29) is 12.5 Å². The van der Waals surface area contributed by atoms with Gasteiger partial charge in [0, 0.05) is 18.7 Å². The number of hydrogen-bond acceptors (Lipinski definition) is 4. The van der Waals surface area contributed by atoms with Crippen LogP contribution in [0.5, 0.6) is 11.5 Å². The highest BCUT2D eigenvalue weighted by Gasteiger charge is 2.17. The highest BCUT2D eigenvalue weighted by molar-refractivity contribution is 6.02. The first kappa shape index (κ1) is 18.3. The summed E-state index contributed by atoms with van der Waals surface area (Å²) in [5.41, 5.74) is 0.858. The second-order valence-electron chi connectivity index (χ2n) is 5.20. The predicted octanol–water partition coefficient (Wildman–Crippen LogP) is 2.83. The smallest absolute Gasteiger partial charge is 0.244 e. The van der Waals surface area contributed by atoms with Gasteiger partial charge >= 0.3 is 0 Å². The van der Waals surface area contributed by atoms with Gasteiger partial charge in [-0.25, -0.2) is 4.39 Å². The maximum absolute atomic E-state index is 13.0. The van der Waals surface area contributed by atoms with E-state index < -0.39 is 11.7 Å². The Morgan fingerprint density at radius 2 is 1.76 bits per heavy atom. The van der Waals surface area contributed by atoms with Gasteiger partial charge in [-0.2, -0.15) is 0 Å². The van der Waals surface area contributed by atoms with Gasteiger partial charge in [0.25, 0.3) is 0 Å². The molecule has 2 aromatic carbocycles. The number of anilines is 2. The van der Waals surface area contributed by atoms with E-state index in [0.29, 0.717) is 22.9 Å². The molecule has 0 aliphatic heterocycles. The lowest BCUT2D eigenvalue weighted by Crippen LogP contribution is -2.36. The first-order valence-electron chi connectivity index (χ1n) is 7.50. The number of ether oxygens (including phenoxy) is 2. The fourth-order valence-electron chi connectivity index (χ4n) is 2.25. The summed E-state index contributed by atoms with van der Waals surface area (Å²) in [6.07, 6.45) is 0. The Morgan fingerprint density at radius 3 is 2.32 bits per heavy atom. The third kappa shape index (κ3) is 4.69. The van der Waals surface area contributed by atoms with Crippen molar-refractivity contribution in [3.05, 3.63) is 48.3 Å². The third-order valence-corrected chi connectivity index (χ3v) is 3.50. The Kier molecular flexibility index (Phi) is 5.94. The summed E-state index contributed by atoms with van der Waals surface area (Å²) < 4.78 is 23.4. The van der Waals surface area contributed by atoms with E-state index in [9.17, 15) is 14.0 Å². The second kappa shape index (κ2) is 8.14. The van der Waals surface area contributed by atoms with Crippen molar-refractivity contribution in [2.75, 3.05) is 31.0 Å². The molecule has 0 aromatic heterocycles. The SMILES string of the molecule is COc1ccc(OC)c(NC(=O)CN(C(C)=O)c2ccc(F)cc2)c1. The molecule has 0 unspecified atom stereocenters. The van der Waals surface area contributed by atoms with Crippen LogP contribution < -0.4 is 19.7 Å². The van der Waals surface area contributed by atoms with Crippen molar-refractivity contribution in [2.24, 2.45) is 0 Å². The number of amides is 2. The Bertz CT molecular complexity index is 762. The topological polar surface area (TPSA) is 67.9 Å². The first-order chi connectivity index (χ1) is 11.9. The zero-order chi connectivity index (χ0) is 18.4. The van der Waals surface area contributed by atoms with E-state index in [2.05, 4.69) is 5.32 Å². The van der Waals surface area contributed by atoms with Crippen LogP contribution in [0.2, 0.25) is 0 Å². The molecule has 25 heavy (non-hydrogen) atoms. The van der Waals surface area contributed by atoms with Crippen molar-refractivity contribution in [3.63, 3.8) is 0 Å². The van der Waals surface area contributed by atoms with Crippen LogP contribution in [0.1, 0.15) is 6.92 Å². The Labute approximate surface area is 145 Å². The van der Waals surface area contributed by atoms with Crippen LogP contribution in [0.25, 0.3) is 0 Å². The minimum atomic E-state index is -0.425. The standard InChI is InChI=1S/C18H19FN2O4/c1-12(22)21(14-6-4-13(19)5-7-14)11-18(23)20-16-10-15(24-2)8-9-17(16)25-3/h4-10H,11H2,1-3H3,(H,20,23). The average molecular weight is 346 g/mol. The molecule has 0 atom stereocenters. The van der Waals surface area contributed by atoms with E-state index in [4.69, 9.17) is 9.47 Å². The summed E-state index contributed by atoms with van der Waals surface area (Å²) in [5.74, 6) is -0.161. The molecule has 0 radical (unpaired) electrons. The number of benzene rings is 2. The van der Waals surface area contributed by atoms with Gasteiger partial charge in [-0.1, -0.05) is 0 Å². The Balaban J connectivity index is 2.17. The molecule has 0 bridgehead atoms. The van der Waals surface area contributed by atoms with Crippen LogP contribution in [-0.4, -0.2) is 32.6 Å². The van der Waals surface area contributed by atoms with E-state index in [1.165, 1.54) is 50.3 Å². The van der Waals surface area contributed by atoms with E-state index >= 15 is 0 Å². The first-order valence-corrected chi connectivity index (χ1v) is 7.50. The molecule has 0 aliphatic carbocycles. The molecular formula is C18H19FN2O4. The molecule has 7 heteroatoms. The van der Waals surface area contributed by atoms with Crippen LogP contribution in [0, 0.1) is 5.82 Å². The van der Waals surface area contributed by atoms with Gasteiger partial charge in [-0.3, -0.25) is 9.59 Å². The second-order valence-corrected chi connectivity index (χ2v) is 5.20. The highest BCUT2D eigenvalue weighted by Crippen LogP contribution is 2.29. The van der Waals surface area contributed by atoms with Gasteiger partial charge in [0.15, 0.2) is 0 Å². The molecule has 0 heterocycles. The zero-order valence-corrected chi connectivity index (χ0v) is 14.2. The average Bonchev–Trinajstić information content (AvgIpc) is 2.60. The Hall–Kier alpha value is -3.09.